The molecule has 1 unspecified atom stereocenters. The number of hydrogen-bond acceptors (Lipinski definition) is 5. The van der Waals surface area contributed by atoms with Gasteiger partial charge in [-0.15, -0.1) is 35.9 Å². The molecule has 0 aliphatic carbocycles. The van der Waals surface area contributed by atoms with Gasteiger partial charge in [0, 0.05) is 6.54 Å². The van der Waals surface area contributed by atoms with E-state index in [0.717, 1.165) is 31.8 Å². The van der Waals surface area contributed by atoms with Crippen molar-refractivity contribution in [2.75, 3.05) is 37.7 Å². The molecule has 0 aromatic heterocycles. The molecule has 146 valence electrons. The van der Waals surface area contributed by atoms with Gasteiger partial charge in [-0.25, -0.2) is 0 Å². The van der Waals surface area contributed by atoms with Crippen molar-refractivity contribution < 1.29 is 9.53 Å². The first kappa shape index (κ1) is 21.7. The van der Waals surface area contributed by atoms with Crippen molar-refractivity contribution in [2.45, 2.75) is 30.3 Å². The predicted octanol–water partition coefficient (Wildman–Crippen LogP) is 3.86. The van der Waals surface area contributed by atoms with Crippen LogP contribution in [-0.2, 0) is 4.79 Å². The summed E-state index contributed by atoms with van der Waals surface area (Å²) in [6.45, 7) is 3.04. The normalized spacial score (nSPS) is 20.8. The highest BCUT2D eigenvalue weighted by Gasteiger charge is 2.16. The molecule has 2 N–H and O–H groups in total. The quantitative estimate of drug-likeness (QED) is 0.706. The van der Waals surface area contributed by atoms with Gasteiger partial charge in [0.25, 0.3) is 5.91 Å². The minimum Gasteiger partial charge on any atom is -0.484 e. The summed E-state index contributed by atoms with van der Waals surface area (Å²) >= 11 is 4.03. The van der Waals surface area contributed by atoms with Crippen LogP contribution < -0.4 is 15.4 Å². The Morgan fingerprint density at radius 2 is 1.96 bits per heavy atom. The van der Waals surface area contributed by atoms with Crippen molar-refractivity contribution in [3.05, 3.63) is 29.8 Å². The zero-order valence-corrected chi connectivity index (χ0v) is 17.5. The van der Waals surface area contributed by atoms with E-state index in [-0.39, 0.29) is 24.9 Å². The number of carbonyl (C=O) groups excluding carboxylic acids is 1. The Morgan fingerprint density at radius 1 is 1.19 bits per heavy atom. The van der Waals surface area contributed by atoms with Gasteiger partial charge in [-0.1, -0.05) is 12.1 Å². The average Bonchev–Trinajstić information content (AvgIpc) is 2.68. The molecule has 2 aliphatic rings. The molecule has 2 saturated heterocycles. The molecule has 0 radical (unpaired) electrons. The predicted molar refractivity (Wildman–Crippen MR) is 115 cm³/mol. The monoisotopic (exact) mass is 416 g/mol. The van der Waals surface area contributed by atoms with Crippen LogP contribution in [-0.4, -0.2) is 43.7 Å². The molecule has 7 heteroatoms. The van der Waals surface area contributed by atoms with E-state index in [4.69, 9.17) is 4.74 Å². The third-order valence-corrected chi connectivity index (χ3v) is 7.64. The van der Waals surface area contributed by atoms with Crippen LogP contribution in [0.5, 0.6) is 5.75 Å². The summed E-state index contributed by atoms with van der Waals surface area (Å²) in [5.74, 6) is 3.91. The van der Waals surface area contributed by atoms with Gasteiger partial charge in [0.1, 0.15) is 5.75 Å². The lowest BCUT2D eigenvalue weighted by molar-refractivity contribution is -0.123. The Kier molecular flexibility index (Phi) is 10.0. The van der Waals surface area contributed by atoms with Crippen molar-refractivity contribution in [3.63, 3.8) is 0 Å². The maximum Gasteiger partial charge on any atom is 0.257 e. The number of amides is 1. The van der Waals surface area contributed by atoms with Crippen molar-refractivity contribution in [1.29, 1.82) is 0 Å². The number of hydrogen-bond donors (Lipinski definition) is 2. The van der Waals surface area contributed by atoms with E-state index in [1.807, 2.05) is 35.7 Å². The van der Waals surface area contributed by atoms with E-state index in [1.165, 1.54) is 36.3 Å². The lowest BCUT2D eigenvalue weighted by Gasteiger charge is -2.22. The maximum atomic E-state index is 11.9. The van der Waals surface area contributed by atoms with Gasteiger partial charge in [-0.05, 0) is 73.9 Å². The second kappa shape index (κ2) is 12.0. The number of thioether (sulfide) groups is 2. The fourth-order valence-corrected chi connectivity index (χ4v) is 6.08. The van der Waals surface area contributed by atoms with Crippen LogP contribution in [0.15, 0.2) is 24.3 Å². The first-order valence-electron chi connectivity index (χ1n) is 9.24. The molecule has 26 heavy (non-hydrogen) atoms. The first-order valence-corrected chi connectivity index (χ1v) is 11.3. The van der Waals surface area contributed by atoms with Crippen LogP contribution >= 0.6 is 35.9 Å². The van der Waals surface area contributed by atoms with Crippen LogP contribution in [0, 0.1) is 5.92 Å². The summed E-state index contributed by atoms with van der Waals surface area (Å²) in [5, 5.41) is 6.37. The summed E-state index contributed by atoms with van der Waals surface area (Å²) < 4.78 is 6.16. The van der Waals surface area contributed by atoms with Crippen LogP contribution in [0.3, 0.4) is 0 Å². The van der Waals surface area contributed by atoms with E-state index < -0.39 is 0 Å². The zero-order valence-electron chi connectivity index (χ0n) is 15.1. The molecule has 2 aliphatic heterocycles. The highest BCUT2D eigenvalue weighted by Crippen LogP contribution is 2.43. The molecule has 2 fully saturated rings. The maximum absolute atomic E-state index is 11.9. The Balaban J connectivity index is 0.00000243. The van der Waals surface area contributed by atoms with Crippen molar-refractivity contribution in [3.8, 4) is 5.75 Å². The highest BCUT2D eigenvalue weighted by atomic mass is 35.5. The SMILES string of the molecule is Cl.O=C(COc1ccc(C2SCCCS2)cc1)NCCC1CCCNC1. The minimum atomic E-state index is -0.0359. The largest absolute Gasteiger partial charge is 0.484 e. The smallest absolute Gasteiger partial charge is 0.257 e. The molecule has 1 amide bonds. The molecule has 1 aromatic rings. The van der Waals surface area contributed by atoms with E-state index in [9.17, 15) is 4.79 Å². The van der Waals surface area contributed by atoms with Crippen molar-refractivity contribution >= 4 is 41.8 Å². The van der Waals surface area contributed by atoms with E-state index in [0.29, 0.717) is 10.5 Å². The van der Waals surface area contributed by atoms with Crippen LogP contribution in [0.4, 0.5) is 0 Å². The van der Waals surface area contributed by atoms with E-state index in [2.05, 4.69) is 22.8 Å². The van der Waals surface area contributed by atoms with Gasteiger partial charge in [-0.2, -0.15) is 0 Å². The van der Waals surface area contributed by atoms with E-state index in [1.54, 1.807) is 0 Å². The molecule has 1 atom stereocenters. The van der Waals surface area contributed by atoms with Gasteiger partial charge in [0.2, 0.25) is 0 Å². The zero-order chi connectivity index (χ0) is 17.3. The van der Waals surface area contributed by atoms with Gasteiger partial charge in [0.15, 0.2) is 6.61 Å². The number of piperidine rings is 1. The molecular formula is C19H29ClN2O2S2. The lowest BCUT2D eigenvalue weighted by Crippen LogP contribution is -2.34. The van der Waals surface area contributed by atoms with Crippen molar-refractivity contribution in [2.24, 2.45) is 5.92 Å². The Hall–Kier alpha value is -0.560. The summed E-state index contributed by atoms with van der Waals surface area (Å²) in [5.41, 5.74) is 1.34. The second-order valence-electron chi connectivity index (χ2n) is 6.64. The highest BCUT2D eigenvalue weighted by molar-refractivity contribution is 8.16. The molecule has 4 nitrogen and oxygen atoms in total. The standard InChI is InChI=1S/C19H28N2O2S2.ClH/c22-18(21-10-8-15-3-1-9-20-13-15)14-23-17-6-4-16(5-7-17)19-24-11-2-12-25-19;/h4-7,15,19-20H,1-3,8-14H2,(H,21,22);1H. The third kappa shape index (κ3) is 7.22. The fourth-order valence-electron chi connectivity index (χ4n) is 3.19. The summed E-state index contributed by atoms with van der Waals surface area (Å²) in [7, 11) is 0. The molecular weight excluding hydrogens is 388 g/mol. The number of rotatable bonds is 7. The van der Waals surface area contributed by atoms with Gasteiger partial charge in [0.05, 0.1) is 4.58 Å². The molecule has 2 heterocycles. The average molecular weight is 417 g/mol. The van der Waals surface area contributed by atoms with Crippen LogP contribution in [0.1, 0.15) is 35.8 Å². The Labute approximate surface area is 171 Å². The lowest BCUT2D eigenvalue weighted by atomic mass is 9.96. The van der Waals surface area contributed by atoms with Gasteiger partial charge >= 0.3 is 0 Å². The number of halogens is 1. The van der Waals surface area contributed by atoms with Crippen molar-refractivity contribution in [1.82, 2.24) is 10.6 Å². The third-order valence-electron chi connectivity index (χ3n) is 4.62. The topological polar surface area (TPSA) is 50.4 Å². The summed E-state index contributed by atoms with van der Waals surface area (Å²) in [6.07, 6.45) is 4.86. The molecule has 0 bridgehead atoms. The van der Waals surface area contributed by atoms with Crippen LogP contribution in [0.2, 0.25) is 0 Å². The molecule has 0 spiro atoms. The Morgan fingerprint density at radius 3 is 2.65 bits per heavy atom. The number of benzene rings is 1. The number of ether oxygens (including phenoxy) is 1. The minimum absolute atomic E-state index is 0. The first-order chi connectivity index (χ1) is 12.3. The molecule has 3 rings (SSSR count). The molecule has 1 aromatic carbocycles. The van der Waals surface area contributed by atoms with Gasteiger partial charge < -0.3 is 15.4 Å². The number of nitrogens with one attached hydrogen (secondary N) is 2. The molecule has 0 saturated carbocycles. The van der Waals surface area contributed by atoms with E-state index >= 15 is 0 Å². The van der Waals surface area contributed by atoms with Gasteiger partial charge in [-0.3, -0.25) is 4.79 Å². The summed E-state index contributed by atoms with van der Waals surface area (Å²) in [4.78, 5) is 11.9. The summed E-state index contributed by atoms with van der Waals surface area (Å²) in [6, 6.07) is 8.21. The second-order valence-corrected chi connectivity index (χ2v) is 9.36. The fraction of sp³-hybridized carbons (Fsp3) is 0.632. The number of carbonyl (C=O) groups is 1. The van der Waals surface area contributed by atoms with Crippen LogP contribution in [0.25, 0.3) is 0 Å². The Bertz CT molecular complexity index is 533.